The lowest BCUT2D eigenvalue weighted by Gasteiger charge is -2.52. The maximum absolute atomic E-state index is 12.8. The monoisotopic (exact) mass is 405 g/mol. The first-order valence-corrected chi connectivity index (χ1v) is 11.3. The van der Waals surface area contributed by atoms with Gasteiger partial charge in [0.05, 0.1) is 24.5 Å². The van der Waals surface area contributed by atoms with E-state index in [2.05, 4.69) is 24.8 Å². The number of nitrogens with zero attached hydrogens (tertiary/aromatic N) is 1. The molecule has 1 N–H and O–H groups in total. The van der Waals surface area contributed by atoms with E-state index in [0.717, 1.165) is 45.2 Å². The van der Waals surface area contributed by atoms with Crippen molar-refractivity contribution in [1.82, 2.24) is 4.90 Å². The van der Waals surface area contributed by atoms with Gasteiger partial charge in [-0.1, -0.05) is 25.5 Å². The molecule has 2 saturated heterocycles. The van der Waals surface area contributed by atoms with Gasteiger partial charge in [-0.2, -0.15) is 0 Å². The van der Waals surface area contributed by atoms with E-state index >= 15 is 0 Å². The third-order valence-electron chi connectivity index (χ3n) is 8.23. The van der Waals surface area contributed by atoms with E-state index in [4.69, 9.17) is 9.47 Å². The number of rotatable bonds is 4. The first kappa shape index (κ1) is 20.9. The molecule has 2 aliphatic heterocycles. The number of piperidine rings is 1. The van der Waals surface area contributed by atoms with Crippen LogP contribution < -0.4 is 0 Å². The van der Waals surface area contributed by atoms with Crippen molar-refractivity contribution in [2.24, 2.45) is 29.1 Å². The maximum Gasteiger partial charge on any atom is 0.311 e. The highest BCUT2D eigenvalue weighted by molar-refractivity contribution is 5.76. The van der Waals surface area contributed by atoms with Crippen molar-refractivity contribution >= 4 is 11.9 Å². The average molecular weight is 406 g/mol. The van der Waals surface area contributed by atoms with Gasteiger partial charge in [-0.15, -0.1) is 0 Å². The van der Waals surface area contributed by atoms with Gasteiger partial charge in [-0.3, -0.25) is 9.59 Å². The molecule has 6 heteroatoms. The standard InChI is InChI=1S/C23H35NO5/c1-4-28-21(26)15-8-10-24(11-9-15)13-17-19-18(29-22(17)27)12-16-7-5-6-14(2)23(16,3)20(19)25/h7,14-15,17-20,25H,4-6,8-13H2,1-3H3/t14?,17?,18?,19?,20?,23-/m0/s1. The predicted molar refractivity (Wildman–Crippen MR) is 108 cm³/mol. The summed E-state index contributed by atoms with van der Waals surface area (Å²) in [6.45, 7) is 8.81. The topological polar surface area (TPSA) is 76.1 Å². The molecule has 6 atom stereocenters. The maximum atomic E-state index is 12.8. The molecule has 0 amide bonds. The summed E-state index contributed by atoms with van der Waals surface area (Å²) in [6, 6.07) is 0. The van der Waals surface area contributed by atoms with Crippen LogP contribution in [0, 0.1) is 29.1 Å². The summed E-state index contributed by atoms with van der Waals surface area (Å²) >= 11 is 0. The summed E-state index contributed by atoms with van der Waals surface area (Å²) in [5.74, 6) is -0.343. The SMILES string of the molecule is CCOC(=O)C1CCN(CC2C(=O)OC3CC4=CCCC(C)[C@]4(C)C(O)C32)CC1. The molecule has 2 aliphatic carbocycles. The molecule has 0 bridgehead atoms. The number of carbonyl (C=O) groups is 2. The quantitative estimate of drug-likeness (QED) is 0.572. The first-order chi connectivity index (χ1) is 13.9. The van der Waals surface area contributed by atoms with Crippen molar-refractivity contribution in [3.63, 3.8) is 0 Å². The summed E-state index contributed by atoms with van der Waals surface area (Å²) in [5, 5.41) is 11.4. The van der Waals surface area contributed by atoms with Gasteiger partial charge in [0.25, 0.3) is 0 Å². The second-order valence-electron chi connectivity index (χ2n) is 9.63. The lowest BCUT2D eigenvalue weighted by Crippen LogP contribution is -2.55. The molecule has 4 rings (SSSR count). The van der Waals surface area contributed by atoms with Crippen LogP contribution >= 0.6 is 0 Å². The van der Waals surface area contributed by atoms with Crippen LogP contribution in [-0.2, 0) is 19.1 Å². The highest BCUT2D eigenvalue weighted by atomic mass is 16.6. The number of hydrogen-bond acceptors (Lipinski definition) is 6. The Kier molecular flexibility index (Phi) is 5.77. The zero-order valence-corrected chi connectivity index (χ0v) is 17.9. The van der Waals surface area contributed by atoms with Crippen LogP contribution in [0.1, 0.15) is 52.9 Å². The van der Waals surface area contributed by atoms with Crippen LogP contribution in [0.25, 0.3) is 0 Å². The van der Waals surface area contributed by atoms with Gasteiger partial charge >= 0.3 is 11.9 Å². The summed E-state index contributed by atoms with van der Waals surface area (Å²) in [5.41, 5.74) is 1.01. The van der Waals surface area contributed by atoms with Crippen molar-refractivity contribution in [3.8, 4) is 0 Å². The number of likely N-dealkylation sites (tertiary alicyclic amines) is 1. The number of hydrogen-bond donors (Lipinski definition) is 1. The van der Waals surface area contributed by atoms with Crippen LogP contribution in [0.5, 0.6) is 0 Å². The van der Waals surface area contributed by atoms with Gasteiger partial charge in [0.1, 0.15) is 6.10 Å². The summed E-state index contributed by atoms with van der Waals surface area (Å²) in [6.07, 6.45) is 5.91. The molecule has 2 heterocycles. The molecule has 1 saturated carbocycles. The lowest BCUT2D eigenvalue weighted by atomic mass is 9.55. The molecular weight excluding hydrogens is 370 g/mol. The molecule has 162 valence electrons. The highest BCUT2D eigenvalue weighted by Gasteiger charge is 2.59. The van der Waals surface area contributed by atoms with Crippen molar-refractivity contribution < 1.29 is 24.2 Å². The minimum Gasteiger partial charge on any atom is -0.466 e. The van der Waals surface area contributed by atoms with Crippen molar-refractivity contribution in [2.75, 3.05) is 26.2 Å². The minimum absolute atomic E-state index is 0.0376. The normalized spacial score (nSPS) is 40.6. The molecule has 29 heavy (non-hydrogen) atoms. The van der Waals surface area contributed by atoms with E-state index in [1.165, 1.54) is 5.57 Å². The number of allylic oxidation sites excluding steroid dienone is 1. The largest absolute Gasteiger partial charge is 0.466 e. The average Bonchev–Trinajstić information content (AvgIpc) is 3.00. The minimum atomic E-state index is -0.559. The van der Waals surface area contributed by atoms with Crippen molar-refractivity contribution in [1.29, 1.82) is 0 Å². The lowest BCUT2D eigenvalue weighted by molar-refractivity contribution is -0.150. The Morgan fingerprint density at radius 3 is 2.76 bits per heavy atom. The van der Waals surface area contributed by atoms with Crippen molar-refractivity contribution in [3.05, 3.63) is 11.6 Å². The molecule has 3 fully saturated rings. The Hall–Kier alpha value is -1.40. The third kappa shape index (κ3) is 3.52. The zero-order valence-electron chi connectivity index (χ0n) is 17.9. The Morgan fingerprint density at radius 2 is 2.07 bits per heavy atom. The predicted octanol–water partition coefficient (Wildman–Crippen LogP) is 2.55. The summed E-state index contributed by atoms with van der Waals surface area (Å²) in [4.78, 5) is 27.0. The number of aliphatic hydroxyl groups is 1. The number of fused-ring (bicyclic) bond motifs is 2. The van der Waals surface area contributed by atoms with Gasteiger partial charge in [0.15, 0.2) is 0 Å². The van der Waals surface area contributed by atoms with Crippen molar-refractivity contribution in [2.45, 2.75) is 65.1 Å². The second kappa shape index (κ2) is 8.03. The second-order valence-corrected chi connectivity index (χ2v) is 9.63. The van der Waals surface area contributed by atoms with Gasteiger partial charge in [-0.25, -0.2) is 0 Å². The molecule has 0 aromatic rings. The zero-order chi connectivity index (χ0) is 20.8. The summed E-state index contributed by atoms with van der Waals surface area (Å²) < 4.78 is 10.9. The Balaban J connectivity index is 1.44. The molecule has 0 aromatic carbocycles. The van der Waals surface area contributed by atoms with Crippen LogP contribution in [0.3, 0.4) is 0 Å². The fourth-order valence-electron chi connectivity index (χ4n) is 6.16. The third-order valence-corrected chi connectivity index (χ3v) is 8.23. The number of esters is 2. The molecule has 0 spiro atoms. The van der Waals surface area contributed by atoms with Crippen LogP contribution in [0.2, 0.25) is 0 Å². The molecule has 0 aromatic heterocycles. The van der Waals surface area contributed by atoms with E-state index < -0.39 is 6.10 Å². The van der Waals surface area contributed by atoms with Gasteiger partial charge in [0.2, 0.25) is 0 Å². The Labute approximate surface area is 173 Å². The van der Waals surface area contributed by atoms with Crippen LogP contribution in [-0.4, -0.2) is 60.4 Å². The number of aliphatic hydroxyl groups excluding tert-OH is 1. The molecule has 6 nitrogen and oxygen atoms in total. The molecule has 0 radical (unpaired) electrons. The summed E-state index contributed by atoms with van der Waals surface area (Å²) in [7, 11) is 0. The smallest absolute Gasteiger partial charge is 0.311 e. The fraction of sp³-hybridized carbons (Fsp3) is 0.826. The van der Waals surface area contributed by atoms with Crippen LogP contribution in [0.4, 0.5) is 0 Å². The van der Waals surface area contributed by atoms with E-state index in [1.54, 1.807) is 0 Å². The molecule has 4 aliphatic rings. The Bertz CT molecular complexity index is 683. The van der Waals surface area contributed by atoms with Gasteiger partial charge in [0, 0.05) is 24.3 Å². The Morgan fingerprint density at radius 1 is 1.34 bits per heavy atom. The number of carbonyl (C=O) groups excluding carboxylic acids is 2. The van der Waals surface area contributed by atoms with E-state index in [9.17, 15) is 14.7 Å². The first-order valence-electron chi connectivity index (χ1n) is 11.3. The highest BCUT2D eigenvalue weighted by Crippen LogP contribution is 2.56. The number of ether oxygens (including phenoxy) is 2. The van der Waals surface area contributed by atoms with Gasteiger partial charge < -0.3 is 19.5 Å². The fourth-order valence-corrected chi connectivity index (χ4v) is 6.16. The van der Waals surface area contributed by atoms with E-state index in [1.807, 2.05) is 6.92 Å². The van der Waals surface area contributed by atoms with Gasteiger partial charge in [-0.05, 0) is 51.6 Å². The van der Waals surface area contributed by atoms with E-state index in [0.29, 0.717) is 19.1 Å². The molecule has 5 unspecified atom stereocenters. The van der Waals surface area contributed by atoms with Crippen LogP contribution in [0.15, 0.2) is 11.6 Å². The van der Waals surface area contributed by atoms with E-state index in [-0.39, 0.29) is 41.2 Å². The molecular formula is C23H35NO5.